The monoisotopic (exact) mass is 424 g/mol. The van der Waals surface area contributed by atoms with Gasteiger partial charge in [-0.2, -0.15) is 5.10 Å². The van der Waals surface area contributed by atoms with Crippen LogP contribution in [0.2, 0.25) is 0 Å². The zero-order chi connectivity index (χ0) is 19.8. The summed E-state index contributed by atoms with van der Waals surface area (Å²) in [5.41, 5.74) is -0.195. The quantitative estimate of drug-likeness (QED) is 0.540. The fraction of sp³-hybridized carbons (Fsp3) is 0.286. The first-order chi connectivity index (χ1) is 14.2. The van der Waals surface area contributed by atoms with E-state index in [0.717, 1.165) is 58.1 Å². The molecule has 1 amide bonds. The van der Waals surface area contributed by atoms with E-state index in [2.05, 4.69) is 16.3 Å². The molecule has 0 bridgehead atoms. The Morgan fingerprint density at radius 3 is 2.76 bits per heavy atom. The minimum absolute atomic E-state index is 0.125. The number of carbonyl (C=O) groups is 1. The molecule has 0 unspecified atom stereocenters. The third-order valence-corrected chi connectivity index (χ3v) is 7.44. The highest BCUT2D eigenvalue weighted by Gasteiger charge is 2.26. The largest absolute Gasteiger partial charge is 0.348 e. The summed E-state index contributed by atoms with van der Waals surface area (Å²) in [6, 6.07) is 14.0. The van der Waals surface area contributed by atoms with Gasteiger partial charge in [-0.05, 0) is 53.8 Å². The van der Waals surface area contributed by atoms with Crippen LogP contribution in [0.25, 0.3) is 15.1 Å². The number of aromatic nitrogens is 3. The van der Waals surface area contributed by atoms with Gasteiger partial charge in [-0.1, -0.05) is 18.2 Å². The summed E-state index contributed by atoms with van der Waals surface area (Å²) in [5, 5.41) is 10.8. The maximum absolute atomic E-state index is 12.9. The summed E-state index contributed by atoms with van der Waals surface area (Å²) in [5.74, 6) is 1.31. The number of fused-ring (bicyclic) bond motifs is 1. The Bertz CT molecular complexity index is 1160. The Kier molecular flexibility index (Phi) is 4.81. The number of nitrogens with one attached hydrogen (secondary N) is 1. The van der Waals surface area contributed by atoms with Crippen LogP contribution in [0.1, 0.15) is 28.3 Å². The van der Waals surface area contributed by atoms with E-state index in [4.69, 9.17) is 0 Å². The number of aromatic amines is 1. The second-order valence-corrected chi connectivity index (χ2v) is 9.33. The molecule has 1 fully saturated rings. The summed E-state index contributed by atoms with van der Waals surface area (Å²) < 4.78 is 2.81. The third kappa shape index (κ3) is 3.54. The molecule has 0 saturated carbocycles. The lowest BCUT2D eigenvalue weighted by Gasteiger charge is -2.31. The Balaban J connectivity index is 1.25. The SMILES string of the molecule is O=C(c1cc2ccccc2s1)N1CCC(Cc2n[nH]c(=O)n2-c2cccs2)CC1. The van der Waals surface area contributed by atoms with Crippen LogP contribution in [0.5, 0.6) is 0 Å². The van der Waals surface area contributed by atoms with Gasteiger partial charge in [0.1, 0.15) is 10.8 Å². The van der Waals surface area contributed by atoms with E-state index in [-0.39, 0.29) is 11.6 Å². The highest BCUT2D eigenvalue weighted by atomic mass is 32.1. The van der Waals surface area contributed by atoms with E-state index in [1.54, 1.807) is 15.9 Å². The summed E-state index contributed by atoms with van der Waals surface area (Å²) in [7, 11) is 0. The third-order valence-electron chi connectivity index (χ3n) is 5.48. The molecule has 4 heterocycles. The zero-order valence-corrected chi connectivity index (χ0v) is 17.3. The number of benzene rings is 1. The number of hydrogen-bond acceptors (Lipinski definition) is 5. The predicted octanol–water partition coefficient (Wildman–Crippen LogP) is 3.93. The zero-order valence-electron chi connectivity index (χ0n) is 15.7. The molecule has 148 valence electrons. The smallest absolute Gasteiger partial charge is 0.338 e. The molecule has 0 spiro atoms. The van der Waals surface area contributed by atoms with Gasteiger partial charge in [0.15, 0.2) is 0 Å². The second-order valence-electron chi connectivity index (χ2n) is 7.32. The molecule has 8 heteroatoms. The van der Waals surface area contributed by atoms with E-state index in [9.17, 15) is 9.59 Å². The van der Waals surface area contributed by atoms with Gasteiger partial charge >= 0.3 is 5.69 Å². The minimum Gasteiger partial charge on any atom is -0.338 e. The summed E-state index contributed by atoms with van der Waals surface area (Å²) in [4.78, 5) is 27.8. The molecule has 3 aromatic heterocycles. The van der Waals surface area contributed by atoms with Crippen molar-refractivity contribution in [3.63, 3.8) is 0 Å². The predicted molar refractivity (Wildman–Crippen MR) is 116 cm³/mol. The van der Waals surface area contributed by atoms with Crippen molar-refractivity contribution in [2.45, 2.75) is 19.3 Å². The van der Waals surface area contributed by atoms with Crippen LogP contribution in [0.15, 0.2) is 52.6 Å². The molecule has 0 atom stereocenters. The van der Waals surface area contributed by atoms with Gasteiger partial charge in [0.05, 0.1) is 4.88 Å². The highest BCUT2D eigenvalue weighted by molar-refractivity contribution is 7.20. The maximum Gasteiger partial charge on any atom is 0.348 e. The molecule has 0 aliphatic carbocycles. The van der Waals surface area contributed by atoms with Gasteiger partial charge in [0.25, 0.3) is 5.91 Å². The number of likely N-dealkylation sites (tertiary alicyclic amines) is 1. The lowest BCUT2D eigenvalue weighted by molar-refractivity contribution is 0.0694. The number of H-pyrrole nitrogens is 1. The van der Waals surface area contributed by atoms with E-state index in [1.807, 2.05) is 46.7 Å². The van der Waals surface area contributed by atoms with Crippen LogP contribution in [0.3, 0.4) is 0 Å². The van der Waals surface area contributed by atoms with Gasteiger partial charge in [-0.3, -0.25) is 4.79 Å². The van der Waals surface area contributed by atoms with Gasteiger partial charge in [-0.15, -0.1) is 22.7 Å². The Hall–Kier alpha value is -2.71. The van der Waals surface area contributed by atoms with Crippen molar-refractivity contribution in [3.05, 3.63) is 69.0 Å². The van der Waals surface area contributed by atoms with E-state index >= 15 is 0 Å². The number of amides is 1. The van der Waals surface area contributed by atoms with Crippen molar-refractivity contribution in [1.29, 1.82) is 0 Å². The molecule has 1 aliphatic heterocycles. The molecule has 1 saturated heterocycles. The lowest BCUT2D eigenvalue weighted by atomic mass is 9.93. The van der Waals surface area contributed by atoms with Crippen molar-refractivity contribution in [1.82, 2.24) is 19.7 Å². The Labute approximate surface area is 175 Å². The van der Waals surface area contributed by atoms with Crippen molar-refractivity contribution < 1.29 is 4.79 Å². The topological polar surface area (TPSA) is 71.0 Å². The number of nitrogens with zero attached hydrogens (tertiary/aromatic N) is 3. The molecule has 6 nitrogen and oxygen atoms in total. The van der Waals surface area contributed by atoms with Crippen molar-refractivity contribution in [2.24, 2.45) is 5.92 Å². The molecule has 4 aromatic rings. The molecular weight excluding hydrogens is 404 g/mol. The van der Waals surface area contributed by atoms with E-state index in [0.29, 0.717) is 5.92 Å². The normalized spacial score (nSPS) is 15.2. The summed E-state index contributed by atoms with van der Waals surface area (Å²) >= 11 is 3.09. The first kappa shape index (κ1) is 18.3. The molecule has 1 aromatic carbocycles. The van der Waals surface area contributed by atoms with Crippen LogP contribution >= 0.6 is 22.7 Å². The second kappa shape index (κ2) is 7.61. The molecule has 0 radical (unpaired) electrons. The average molecular weight is 425 g/mol. The van der Waals surface area contributed by atoms with E-state index in [1.165, 1.54) is 11.3 Å². The fourth-order valence-corrected chi connectivity index (χ4v) is 5.71. The molecular formula is C21H20N4O2S2. The van der Waals surface area contributed by atoms with Crippen molar-refractivity contribution in [2.75, 3.05) is 13.1 Å². The highest BCUT2D eigenvalue weighted by Crippen LogP contribution is 2.28. The van der Waals surface area contributed by atoms with Crippen molar-refractivity contribution in [3.8, 4) is 5.00 Å². The fourth-order valence-electron chi connectivity index (χ4n) is 3.93. The molecule has 5 rings (SSSR count). The summed E-state index contributed by atoms with van der Waals surface area (Å²) in [6.07, 6.45) is 2.58. The summed E-state index contributed by atoms with van der Waals surface area (Å²) in [6.45, 7) is 1.48. The minimum atomic E-state index is -0.195. The molecule has 29 heavy (non-hydrogen) atoms. The maximum atomic E-state index is 12.9. The van der Waals surface area contributed by atoms with Crippen LogP contribution in [-0.4, -0.2) is 38.7 Å². The number of rotatable bonds is 4. The number of piperidine rings is 1. The van der Waals surface area contributed by atoms with Gasteiger partial charge < -0.3 is 4.90 Å². The number of carbonyl (C=O) groups excluding carboxylic acids is 1. The Morgan fingerprint density at radius 2 is 2.00 bits per heavy atom. The number of hydrogen-bond donors (Lipinski definition) is 1. The first-order valence-electron chi connectivity index (χ1n) is 9.67. The first-order valence-corrected chi connectivity index (χ1v) is 11.4. The van der Waals surface area contributed by atoms with Crippen LogP contribution < -0.4 is 5.69 Å². The average Bonchev–Trinajstić information content (AvgIpc) is 3.48. The molecule has 1 aliphatic rings. The standard InChI is InChI=1S/C21H20N4O2S2/c26-20(17-13-15-4-1-2-5-16(15)29-17)24-9-7-14(8-10-24)12-18-22-23-21(27)25(18)19-6-3-11-28-19/h1-6,11,13-14H,7-10,12H2,(H,23,27). The lowest BCUT2D eigenvalue weighted by Crippen LogP contribution is -2.38. The molecule has 1 N–H and O–H groups in total. The van der Waals surface area contributed by atoms with Gasteiger partial charge in [0, 0.05) is 24.2 Å². The Morgan fingerprint density at radius 1 is 1.17 bits per heavy atom. The van der Waals surface area contributed by atoms with Crippen LogP contribution in [-0.2, 0) is 6.42 Å². The van der Waals surface area contributed by atoms with Gasteiger partial charge in [-0.25, -0.2) is 14.5 Å². The van der Waals surface area contributed by atoms with Gasteiger partial charge in [0.2, 0.25) is 0 Å². The number of thiophene rings is 2. The van der Waals surface area contributed by atoms with Crippen molar-refractivity contribution >= 4 is 38.7 Å². The van der Waals surface area contributed by atoms with E-state index < -0.39 is 0 Å². The van der Waals surface area contributed by atoms with Crippen LogP contribution in [0.4, 0.5) is 0 Å². The van der Waals surface area contributed by atoms with Crippen LogP contribution in [0, 0.1) is 5.92 Å².